The minimum Gasteiger partial charge on any atom is -0.351 e. The van der Waals surface area contributed by atoms with Crippen LogP contribution in [0.25, 0.3) is 0 Å². The first-order valence-electron chi connectivity index (χ1n) is 7.29. The number of aliphatic imine (C=N–C) groups is 1. The van der Waals surface area contributed by atoms with Crippen molar-refractivity contribution in [3.63, 3.8) is 0 Å². The van der Waals surface area contributed by atoms with Crippen LogP contribution in [0.4, 0.5) is 0 Å². The normalized spacial score (nSPS) is 10.9. The highest BCUT2D eigenvalue weighted by Crippen LogP contribution is 2.10. The van der Waals surface area contributed by atoms with Crippen molar-refractivity contribution in [3.8, 4) is 0 Å². The van der Waals surface area contributed by atoms with Gasteiger partial charge in [0.05, 0.1) is 6.54 Å². The number of rotatable bonds is 6. The maximum Gasteiger partial charge on any atom is 0.243 e. The average Bonchev–Trinajstić information content (AvgIpc) is 3.20. The van der Waals surface area contributed by atoms with Crippen LogP contribution in [-0.2, 0) is 17.9 Å². The number of hydrogen-bond donors (Lipinski definition) is 1. The molecule has 132 valence electrons. The summed E-state index contributed by atoms with van der Waals surface area (Å²) in [7, 11) is 5.47. The second-order valence-corrected chi connectivity index (χ2v) is 7.16. The maximum absolute atomic E-state index is 11.8. The van der Waals surface area contributed by atoms with E-state index in [0.717, 1.165) is 12.5 Å². The Labute approximate surface area is 168 Å². The molecule has 1 N–H and O–H groups in total. The van der Waals surface area contributed by atoms with Crippen LogP contribution in [0.2, 0.25) is 0 Å². The summed E-state index contributed by atoms with van der Waals surface area (Å²) in [4.78, 5) is 21.1. The highest BCUT2D eigenvalue weighted by molar-refractivity contribution is 14.0. The van der Waals surface area contributed by atoms with Gasteiger partial charge in [-0.1, -0.05) is 6.07 Å². The van der Waals surface area contributed by atoms with Gasteiger partial charge in [0, 0.05) is 32.6 Å². The first-order chi connectivity index (χ1) is 11.1. The Hall–Kier alpha value is -1.13. The van der Waals surface area contributed by atoms with Crippen LogP contribution in [0.5, 0.6) is 0 Å². The Kier molecular flexibility index (Phi) is 9.30. The van der Waals surface area contributed by atoms with Crippen molar-refractivity contribution in [1.29, 1.82) is 0 Å². The third kappa shape index (κ3) is 6.78. The van der Waals surface area contributed by atoms with Crippen molar-refractivity contribution in [3.05, 3.63) is 44.8 Å². The minimum absolute atomic E-state index is 0. The van der Waals surface area contributed by atoms with Crippen LogP contribution in [0.15, 0.2) is 39.3 Å². The van der Waals surface area contributed by atoms with Gasteiger partial charge in [-0.25, -0.2) is 4.99 Å². The number of nitrogens with one attached hydrogen (secondary N) is 1. The van der Waals surface area contributed by atoms with E-state index in [4.69, 9.17) is 0 Å². The standard InChI is InChI=1S/C16H22N4OS2.HI/c1-19(2)15(21)10-18-16(17-9-14-5-4-7-23-14)20(3)11-13-6-8-22-12-13;/h4-8,12H,9-11H2,1-3H3,(H,17,18);1H. The summed E-state index contributed by atoms with van der Waals surface area (Å²) in [6.45, 7) is 1.62. The van der Waals surface area contributed by atoms with Gasteiger partial charge in [-0.15, -0.1) is 35.3 Å². The summed E-state index contributed by atoms with van der Waals surface area (Å²) in [5, 5.41) is 9.59. The molecule has 0 aliphatic rings. The second-order valence-electron chi connectivity index (χ2n) is 5.35. The largest absolute Gasteiger partial charge is 0.351 e. The number of hydrogen-bond acceptors (Lipinski definition) is 4. The molecule has 0 aliphatic carbocycles. The van der Waals surface area contributed by atoms with Crippen LogP contribution in [0.3, 0.4) is 0 Å². The Morgan fingerprint density at radius 3 is 2.62 bits per heavy atom. The van der Waals surface area contributed by atoms with E-state index in [9.17, 15) is 4.79 Å². The van der Waals surface area contributed by atoms with Crippen LogP contribution >= 0.6 is 46.7 Å². The number of carbonyl (C=O) groups excluding carboxylic acids is 1. The fraction of sp³-hybridized carbons (Fsp3) is 0.375. The van der Waals surface area contributed by atoms with E-state index in [1.54, 1.807) is 41.7 Å². The zero-order chi connectivity index (χ0) is 16.7. The lowest BCUT2D eigenvalue weighted by atomic mass is 10.3. The zero-order valence-electron chi connectivity index (χ0n) is 14.1. The molecule has 2 heterocycles. The molecule has 0 fully saturated rings. The Morgan fingerprint density at radius 2 is 2.04 bits per heavy atom. The van der Waals surface area contributed by atoms with Crippen molar-refractivity contribution >= 4 is 58.5 Å². The van der Waals surface area contributed by atoms with Crippen LogP contribution < -0.4 is 5.32 Å². The number of amides is 1. The van der Waals surface area contributed by atoms with Gasteiger partial charge < -0.3 is 15.1 Å². The molecule has 24 heavy (non-hydrogen) atoms. The molecule has 8 heteroatoms. The lowest BCUT2D eigenvalue weighted by Crippen LogP contribution is -2.39. The van der Waals surface area contributed by atoms with E-state index >= 15 is 0 Å². The summed E-state index contributed by atoms with van der Waals surface area (Å²) in [6, 6.07) is 6.21. The number of halogens is 1. The summed E-state index contributed by atoms with van der Waals surface area (Å²) in [6.07, 6.45) is 0. The van der Waals surface area contributed by atoms with E-state index < -0.39 is 0 Å². The van der Waals surface area contributed by atoms with Crippen LogP contribution in [-0.4, -0.2) is 49.4 Å². The first kappa shape index (κ1) is 20.9. The third-order valence-electron chi connectivity index (χ3n) is 3.23. The molecule has 0 aliphatic heterocycles. The molecule has 5 nitrogen and oxygen atoms in total. The van der Waals surface area contributed by atoms with E-state index in [1.165, 1.54) is 10.4 Å². The molecule has 2 rings (SSSR count). The van der Waals surface area contributed by atoms with Crippen molar-refractivity contribution in [2.24, 2.45) is 4.99 Å². The molecule has 1 amide bonds. The summed E-state index contributed by atoms with van der Waals surface area (Å²) in [5.74, 6) is 0.726. The SMILES string of the molecule is CN(C)C(=O)CN=C(NCc1cccs1)N(C)Cc1ccsc1.I. The first-order valence-corrected chi connectivity index (χ1v) is 9.11. The summed E-state index contributed by atoms with van der Waals surface area (Å²) >= 11 is 3.38. The Balaban J connectivity index is 0.00000288. The van der Waals surface area contributed by atoms with Gasteiger partial charge >= 0.3 is 0 Å². The molecule has 0 bridgehead atoms. The van der Waals surface area contributed by atoms with E-state index in [-0.39, 0.29) is 36.4 Å². The van der Waals surface area contributed by atoms with Gasteiger partial charge in [-0.2, -0.15) is 11.3 Å². The predicted molar refractivity (Wildman–Crippen MR) is 113 cm³/mol. The highest BCUT2D eigenvalue weighted by atomic mass is 127. The Bertz CT molecular complexity index is 627. The molecule has 0 unspecified atom stereocenters. The van der Waals surface area contributed by atoms with Crippen molar-refractivity contribution in [2.45, 2.75) is 13.1 Å². The molecule has 0 saturated carbocycles. The maximum atomic E-state index is 11.8. The molecule has 0 radical (unpaired) electrons. The number of guanidine groups is 1. The summed E-state index contributed by atoms with van der Waals surface area (Å²) in [5.41, 5.74) is 1.24. The molecular formula is C16H23IN4OS2. The molecule has 0 aromatic carbocycles. The van der Waals surface area contributed by atoms with Gasteiger partial charge in [-0.05, 0) is 33.8 Å². The lowest BCUT2D eigenvalue weighted by molar-refractivity contribution is -0.127. The molecule has 0 spiro atoms. The monoisotopic (exact) mass is 478 g/mol. The smallest absolute Gasteiger partial charge is 0.243 e. The highest BCUT2D eigenvalue weighted by Gasteiger charge is 2.10. The predicted octanol–water partition coefficient (Wildman–Crippen LogP) is 3.09. The quantitative estimate of drug-likeness (QED) is 0.395. The minimum atomic E-state index is -0.00985. The molecule has 2 aromatic rings. The lowest BCUT2D eigenvalue weighted by Gasteiger charge is -2.22. The van der Waals surface area contributed by atoms with Crippen molar-refractivity contribution in [2.75, 3.05) is 27.7 Å². The van der Waals surface area contributed by atoms with Crippen molar-refractivity contribution in [1.82, 2.24) is 15.1 Å². The van der Waals surface area contributed by atoms with E-state index in [2.05, 4.69) is 38.6 Å². The molecular weight excluding hydrogens is 455 g/mol. The van der Waals surface area contributed by atoms with Gasteiger partial charge in [0.25, 0.3) is 0 Å². The van der Waals surface area contributed by atoms with Gasteiger partial charge in [0.1, 0.15) is 6.54 Å². The number of carbonyl (C=O) groups is 1. The molecule has 0 atom stereocenters. The molecule has 0 saturated heterocycles. The fourth-order valence-electron chi connectivity index (χ4n) is 1.91. The van der Waals surface area contributed by atoms with Gasteiger partial charge in [0.2, 0.25) is 5.91 Å². The Morgan fingerprint density at radius 1 is 1.25 bits per heavy atom. The second kappa shape index (κ2) is 10.7. The average molecular weight is 478 g/mol. The zero-order valence-corrected chi connectivity index (χ0v) is 18.0. The topological polar surface area (TPSA) is 47.9 Å². The third-order valence-corrected chi connectivity index (χ3v) is 4.83. The number of nitrogens with zero attached hydrogens (tertiary/aromatic N) is 3. The van der Waals surface area contributed by atoms with E-state index in [1.807, 2.05) is 18.0 Å². The number of thiophene rings is 2. The van der Waals surface area contributed by atoms with Gasteiger partial charge in [-0.3, -0.25) is 4.79 Å². The number of likely N-dealkylation sites (N-methyl/N-ethyl adjacent to an activating group) is 1. The van der Waals surface area contributed by atoms with Crippen molar-refractivity contribution < 1.29 is 4.79 Å². The van der Waals surface area contributed by atoms with E-state index in [0.29, 0.717) is 6.54 Å². The fourth-order valence-corrected chi connectivity index (χ4v) is 3.21. The van der Waals surface area contributed by atoms with Crippen LogP contribution in [0.1, 0.15) is 10.4 Å². The van der Waals surface area contributed by atoms with Crippen LogP contribution in [0, 0.1) is 0 Å². The van der Waals surface area contributed by atoms with Gasteiger partial charge in [0.15, 0.2) is 5.96 Å². The molecule has 2 aromatic heterocycles. The summed E-state index contributed by atoms with van der Waals surface area (Å²) < 4.78 is 0.